The third kappa shape index (κ3) is 8.30. The molecule has 3 heteroatoms. The summed E-state index contributed by atoms with van der Waals surface area (Å²) < 4.78 is 0. The number of hydrogen-bond acceptors (Lipinski definition) is 3. The van der Waals surface area contributed by atoms with Crippen molar-refractivity contribution in [2.24, 2.45) is 0 Å². The Morgan fingerprint density at radius 3 is 2.42 bits per heavy atom. The Morgan fingerprint density at radius 2 is 1.84 bits per heavy atom. The van der Waals surface area contributed by atoms with E-state index in [1.165, 1.54) is 24.3 Å². The highest BCUT2D eigenvalue weighted by atomic mass is 32.2. The second-order valence-corrected chi connectivity index (χ2v) is 6.68. The molecule has 0 saturated heterocycles. The quantitative estimate of drug-likeness (QED) is 0.697. The van der Waals surface area contributed by atoms with E-state index in [-0.39, 0.29) is 0 Å². The smallest absolute Gasteiger partial charge is 0.0164 e. The summed E-state index contributed by atoms with van der Waals surface area (Å²) in [5.74, 6) is 1.15. The van der Waals surface area contributed by atoms with Crippen LogP contribution in [-0.4, -0.2) is 43.4 Å². The molecule has 0 radical (unpaired) electrons. The standard InChI is InChI=1S/C16H28N2S/c1-14(2)17-15(9-8-12-18(3)4)13-19-16-10-6-5-7-11-16/h5-7,10-11,14-15,17H,8-9,12-13H2,1-4H3. The van der Waals surface area contributed by atoms with Gasteiger partial charge in [0.25, 0.3) is 0 Å². The molecule has 2 nitrogen and oxygen atoms in total. The summed E-state index contributed by atoms with van der Waals surface area (Å²) in [4.78, 5) is 3.63. The van der Waals surface area contributed by atoms with Gasteiger partial charge < -0.3 is 10.2 Å². The molecule has 0 aliphatic heterocycles. The molecular formula is C16H28N2S. The third-order valence-corrected chi connectivity index (χ3v) is 4.10. The van der Waals surface area contributed by atoms with Gasteiger partial charge in [-0.2, -0.15) is 0 Å². The topological polar surface area (TPSA) is 15.3 Å². The van der Waals surface area contributed by atoms with Crippen LogP contribution in [-0.2, 0) is 0 Å². The molecule has 1 aromatic rings. The molecule has 0 spiro atoms. The largest absolute Gasteiger partial charge is 0.311 e. The summed E-state index contributed by atoms with van der Waals surface area (Å²) in [6.45, 7) is 5.63. The lowest BCUT2D eigenvalue weighted by atomic mass is 10.1. The van der Waals surface area contributed by atoms with E-state index in [1.54, 1.807) is 0 Å². The minimum atomic E-state index is 0.556. The zero-order chi connectivity index (χ0) is 14.1. The maximum Gasteiger partial charge on any atom is 0.0164 e. The lowest BCUT2D eigenvalue weighted by Crippen LogP contribution is -2.37. The lowest BCUT2D eigenvalue weighted by molar-refractivity contribution is 0.371. The van der Waals surface area contributed by atoms with Crippen molar-refractivity contribution in [2.45, 2.75) is 43.7 Å². The van der Waals surface area contributed by atoms with Crippen LogP contribution in [0.1, 0.15) is 26.7 Å². The maximum absolute atomic E-state index is 3.68. The zero-order valence-electron chi connectivity index (χ0n) is 12.7. The average molecular weight is 280 g/mol. The molecule has 1 rings (SSSR count). The van der Waals surface area contributed by atoms with Crippen LogP contribution in [0.3, 0.4) is 0 Å². The third-order valence-electron chi connectivity index (χ3n) is 2.92. The molecule has 19 heavy (non-hydrogen) atoms. The molecule has 0 aliphatic carbocycles. The Labute approximate surface area is 123 Å². The first kappa shape index (κ1) is 16.5. The molecule has 1 atom stereocenters. The molecule has 0 aromatic heterocycles. The first-order valence-electron chi connectivity index (χ1n) is 7.16. The van der Waals surface area contributed by atoms with Gasteiger partial charge in [0.1, 0.15) is 0 Å². The summed E-state index contributed by atoms with van der Waals surface area (Å²) in [7, 11) is 4.28. The van der Waals surface area contributed by atoms with Crippen LogP contribution in [0.15, 0.2) is 35.2 Å². The van der Waals surface area contributed by atoms with Crippen LogP contribution in [0.4, 0.5) is 0 Å². The van der Waals surface area contributed by atoms with E-state index in [2.05, 4.69) is 68.5 Å². The van der Waals surface area contributed by atoms with Crippen molar-refractivity contribution in [3.8, 4) is 0 Å². The monoisotopic (exact) mass is 280 g/mol. The lowest BCUT2D eigenvalue weighted by Gasteiger charge is -2.22. The summed E-state index contributed by atoms with van der Waals surface area (Å²) in [6, 6.07) is 11.8. The van der Waals surface area contributed by atoms with Crippen LogP contribution in [0, 0.1) is 0 Å². The van der Waals surface area contributed by atoms with Crippen molar-refractivity contribution in [2.75, 3.05) is 26.4 Å². The summed E-state index contributed by atoms with van der Waals surface area (Å²) in [5, 5.41) is 3.68. The van der Waals surface area contributed by atoms with Gasteiger partial charge in [0.2, 0.25) is 0 Å². The van der Waals surface area contributed by atoms with Gasteiger partial charge in [-0.15, -0.1) is 11.8 Å². The molecule has 108 valence electrons. The van der Waals surface area contributed by atoms with Crippen LogP contribution in [0.2, 0.25) is 0 Å². The fraction of sp³-hybridized carbons (Fsp3) is 0.625. The molecule has 0 heterocycles. The highest BCUT2D eigenvalue weighted by Crippen LogP contribution is 2.19. The fourth-order valence-electron chi connectivity index (χ4n) is 2.05. The Hall–Kier alpha value is -0.510. The van der Waals surface area contributed by atoms with Gasteiger partial charge in [-0.3, -0.25) is 0 Å². The number of hydrogen-bond donors (Lipinski definition) is 1. The van der Waals surface area contributed by atoms with Gasteiger partial charge in [-0.1, -0.05) is 32.0 Å². The number of rotatable bonds is 9. The van der Waals surface area contributed by atoms with Crippen molar-refractivity contribution in [3.05, 3.63) is 30.3 Å². The predicted molar refractivity (Wildman–Crippen MR) is 87.0 cm³/mol. The summed E-state index contributed by atoms with van der Waals surface area (Å²) >= 11 is 1.95. The van der Waals surface area contributed by atoms with Gasteiger partial charge >= 0.3 is 0 Å². The zero-order valence-corrected chi connectivity index (χ0v) is 13.5. The van der Waals surface area contributed by atoms with Crippen molar-refractivity contribution in [1.29, 1.82) is 0 Å². The number of nitrogens with one attached hydrogen (secondary N) is 1. The fourth-order valence-corrected chi connectivity index (χ4v) is 3.06. The van der Waals surface area contributed by atoms with E-state index in [1.807, 2.05) is 11.8 Å². The van der Waals surface area contributed by atoms with Crippen molar-refractivity contribution in [3.63, 3.8) is 0 Å². The maximum atomic E-state index is 3.68. The average Bonchev–Trinajstić information content (AvgIpc) is 2.36. The molecule has 0 bridgehead atoms. The van der Waals surface area contributed by atoms with E-state index >= 15 is 0 Å². The van der Waals surface area contributed by atoms with Gasteiger partial charge in [-0.05, 0) is 45.6 Å². The first-order valence-corrected chi connectivity index (χ1v) is 8.15. The number of nitrogens with zero attached hydrogens (tertiary/aromatic N) is 1. The molecule has 1 N–H and O–H groups in total. The molecular weight excluding hydrogens is 252 g/mol. The van der Waals surface area contributed by atoms with Crippen LogP contribution in [0.5, 0.6) is 0 Å². The second-order valence-electron chi connectivity index (χ2n) is 5.59. The Balaban J connectivity index is 2.36. The highest BCUT2D eigenvalue weighted by molar-refractivity contribution is 7.99. The van der Waals surface area contributed by atoms with Crippen molar-refractivity contribution in [1.82, 2.24) is 10.2 Å². The van der Waals surface area contributed by atoms with Crippen LogP contribution < -0.4 is 5.32 Å². The Morgan fingerprint density at radius 1 is 1.16 bits per heavy atom. The van der Waals surface area contributed by atoms with Crippen molar-refractivity contribution >= 4 is 11.8 Å². The van der Waals surface area contributed by atoms with Gasteiger partial charge in [0.05, 0.1) is 0 Å². The summed E-state index contributed by atoms with van der Waals surface area (Å²) in [5.41, 5.74) is 0. The second kappa shape index (κ2) is 9.40. The molecule has 0 aliphatic rings. The van der Waals surface area contributed by atoms with E-state index < -0.39 is 0 Å². The van der Waals surface area contributed by atoms with E-state index in [0.29, 0.717) is 12.1 Å². The van der Waals surface area contributed by atoms with E-state index in [4.69, 9.17) is 0 Å². The van der Waals surface area contributed by atoms with Gasteiger partial charge in [0, 0.05) is 22.7 Å². The van der Waals surface area contributed by atoms with E-state index in [0.717, 1.165) is 5.75 Å². The van der Waals surface area contributed by atoms with Crippen LogP contribution in [0.25, 0.3) is 0 Å². The molecule has 0 saturated carbocycles. The Bertz CT molecular complexity index is 325. The minimum absolute atomic E-state index is 0.556. The predicted octanol–water partition coefficient (Wildman–Crippen LogP) is 3.49. The molecule has 1 aromatic carbocycles. The molecule has 1 unspecified atom stereocenters. The van der Waals surface area contributed by atoms with E-state index in [9.17, 15) is 0 Å². The number of benzene rings is 1. The van der Waals surface area contributed by atoms with Crippen molar-refractivity contribution < 1.29 is 0 Å². The molecule has 0 fully saturated rings. The Kier molecular flexibility index (Phi) is 8.19. The highest BCUT2D eigenvalue weighted by Gasteiger charge is 2.10. The normalized spacial score (nSPS) is 13.2. The van der Waals surface area contributed by atoms with Gasteiger partial charge in [0.15, 0.2) is 0 Å². The van der Waals surface area contributed by atoms with Gasteiger partial charge in [-0.25, -0.2) is 0 Å². The SMILES string of the molecule is CC(C)NC(CCCN(C)C)CSc1ccccc1. The minimum Gasteiger partial charge on any atom is -0.311 e. The first-order chi connectivity index (χ1) is 9.08. The number of thioether (sulfide) groups is 1. The molecule has 0 amide bonds. The summed E-state index contributed by atoms with van der Waals surface area (Å²) in [6.07, 6.45) is 2.50. The van der Waals surface area contributed by atoms with Crippen LogP contribution >= 0.6 is 11.8 Å².